The number of aryl methyl sites for hydroxylation is 1. The van der Waals surface area contributed by atoms with Crippen LogP contribution in [0.15, 0.2) is 47.3 Å². The van der Waals surface area contributed by atoms with Gasteiger partial charge in [0, 0.05) is 35.5 Å². The van der Waals surface area contributed by atoms with Crippen molar-refractivity contribution in [2.45, 2.75) is 104 Å². The number of halogens is 1. The third-order valence-corrected chi connectivity index (χ3v) is 12.4. The van der Waals surface area contributed by atoms with E-state index in [1.165, 1.54) is 10.6 Å². The summed E-state index contributed by atoms with van der Waals surface area (Å²) in [4.78, 5) is 112. The summed E-state index contributed by atoms with van der Waals surface area (Å²) < 4.78 is 27.3. The van der Waals surface area contributed by atoms with Gasteiger partial charge in [0.25, 0.3) is 5.56 Å². The van der Waals surface area contributed by atoms with Crippen molar-refractivity contribution in [3.8, 4) is 11.4 Å². The van der Waals surface area contributed by atoms with Gasteiger partial charge in [-0.25, -0.2) is 19.0 Å². The average molecular weight is 939 g/mol. The fourth-order valence-electron chi connectivity index (χ4n) is 9.07. The molecular weight excluding hydrogens is 884 g/mol. The molecule has 0 bridgehead atoms. The van der Waals surface area contributed by atoms with Gasteiger partial charge in [-0.1, -0.05) is 44.2 Å². The summed E-state index contributed by atoms with van der Waals surface area (Å²) in [6, 6.07) is 9.61. The summed E-state index contributed by atoms with van der Waals surface area (Å²) in [6.07, 6.45) is -0.236. The molecule has 7 N–H and O–H groups in total. The van der Waals surface area contributed by atoms with Crippen molar-refractivity contribution in [1.29, 1.82) is 0 Å². The molecule has 4 aromatic rings. The number of aromatic nitrogens is 2. The fourth-order valence-corrected chi connectivity index (χ4v) is 9.07. The van der Waals surface area contributed by atoms with Crippen molar-refractivity contribution in [2.24, 2.45) is 11.7 Å². The Morgan fingerprint density at radius 2 is 1.75 bits per heavy atom. The quantitative estimate of drug-likeness (QED) is 0.0823. The monoisotopic (exact) mass is 938 g/mol. The summed E-state index contributed by atoms with van der Waals surface area (Å²) in [7, 11) is 0. The van der Waals surface area contributed by atoms with Crippen molar-refractivity contribution in [3.05, 3.63) is 97.6 Å². The molecule has 20 heteroatoms. The first-order valence-corrected chi connectivity index (χ1v) is 22.4. The summed E-state index contributed by atoms with van der Waals surface area (Å²) in [5, 5.41) is 22.5. The Balaban J connectivity index is 1.13. The van der Waals surface area contributed by atoms with Gasteiger partial charge in [0.2, 0.25) is 29.5 Å². The molecule has 3 aliphatic rings. The number of pyridine rings is 2. The minimum Gasteiger partial charge on any atom is -0.458 e. The summed E-state index contributed by atoms with van der Waals surface area (Å²) in [6.45, 7) is 7.51. The van der Waals surface area contributed by atoms with Crippen LogP contribution in [0, 0.1) is 18.7 Å². The highest BCUT2D eigenvalue weighted by atomic mass is 19.1. The molecule has 2 aliphatic heterocycles. The highest BCUT2D eigenvalue weighted by Gasteiger charge is 2.46. The largest absolute Gasteiger partial charge is 0.458 e. The van der Waals surface area contributed by atoms with Crippen molar-refractivity contribution in [2.75, 3.05) is 26.2 Å². The van der Waals surface area contributed by atoms with Crippen molar-refractivity contribution in [1.82, 2.24) is 35.7 Å². The second-order valence-corrected chi connectivity index (χ2v) is 18.4. The molecule has 0 unspecified atom stereocenters. The van der Waals surface area contributed by atoms with Gasteiger partial charge in [-0.3, -0.25) is 28.8 Å². The number of nitrogens with two attached hydrogens (primary N) is 1. The zero-order valence-electron chi connectivity index (χ0n) is 38.7. The standard InChI is InChI=1S/C48H55FN8O11/c1-7-48(66)30-16-35-41-28(21-57(35)43(62)29(30)23-67-45(48)64)40-32(14-13-27-25(3)31(49)17-33(54-41)39(27)40)55-42(61)24(2)20-56(22-36(50)58)44(63)34(15-26-11-9-8-10-12-26)53-38(60)19-51-37(59)18-52-46(65)68-47(4,5)6/h8-12,16-17,24,32,34,66H,7,13-15,18-23H2,1-6H3,(H2,50,58)(H,51,59)(H,52,65)(H,53,60)(H,55,61)/t24-,32-,34-,48-/m0/s1. The van der Waals surface area contributed by atoms with E-state index in [-0.39, 0.29) is 49.2 Å². The molecule has 0 spiro atoms. The van der Waals surface area contributed by atoms with Crippen molar-refractivity contribution >= 4 is 52.5 Å². The zero-order valence-corrected chi connectivity index (χ0v) is 38.7. The predicted octanol–water partition coefficient (Wildman–Crippen LogP) is 1.95. The van der Waals surface area contributed by atoms with Crippen LogP contribution in [-0.4, -0.2) is 99.0 Å². The third kappa shape index (κ3) is 9.90. The smallest absolute Gasteiger partial charge is 0.408 e. The fraction of sp³-hybridized carbons (Fsp3) is 0.438. The lowest BCUT2D eigenvalue weighted by molar-refractivity contribution is -0.172. The summed E-state index contributed by atoms with van der Waals surface area (Å²) >= 11 is 0. The second kappa shape index (κ2) is 19.2. The predicted molar refractivity (Wildman–Crippen MR) is 243 cm³/mol. The molecular formula is C48H55FN8O11. The first-order chi connectivity index (χ1) is 32.1. The number of fused-ring (bicyclic) bond motifs is 5. The van der Waals surface area contributed by atoms with E-state index < -0.39 is 102 Å². The number of carbonyl (C=O) groups excluding carboxylic acids is 7. The number of carbonyl (C=O) groups is 7. The zero-order chi connectivity index (χ0) is 49.4. The maximum Gasteiger partial charge on any atom is 0.408 e. The van der Waals surface area contributed by atoms with Crippen LogP contribution in [0.1, 0.15) is 92.4 Å². The second-order valence-electron chi connectivity index (χ2n) is 18.4. The Morgan fingerprint density at radius 3 is 2.43 bits per heavy atom. The van der Waals surface area contributed by atoms with Crippen LogP contribution in [0.2, 0.25) is 0 Å². The molecule has 6 amide bonds. The van der Waals surface area contributed by atoms with Crippen LogP contribution in [0.25, 0.3) is 22.3 Å². The van der Waals surface area contributed by atoms with E-state index in [0.717, 1.165) is 4.90 Å². The van der Waals surface area contributed by atoms with Gasteiger partial charge < -0.3 is 51.0 Å². The van der Waals surface area contributed by atoms with Gasteiger partial charge in [0.15, 0.2) is 5.60 Å². The number of ether oxygens (including phenoxy) is 2. The van der Waals surface area contributed by atoms with Crippen LogP contribution in [0.5, 0.6) is 0 Å². The Hall–Kier alpha value is -7.22. The number of benzene rings is 2. The Labute approximate surface area is 390 Å². The minimum absolute atomic E-state index is 0.0212. The molecule has 0 saturated carbocycles. The van der Waals surface area contributed by atoms with E-state index in [0.29, 0.717) is 57.4 Å². The number of aliphatic hydroxyl groups is 1. The molecule has 2 aromatic heterocycles. The SMILES string of the molecule is CC[C@@]1(O)C(=O)OCc2c1cc1n(c2=O)Cc2c-1nc1cc(F)c(C)c3c1c2[C@@H](NC(=O)[C@@H](C)CN(CC(N)=O)C(=O)[C@H](Cc1ccccc1)NC(=O)CNC(=O)CNC(=O)OC(C)(C)C)CC3. The number of primary amides is 1. The first-order valence-electron chi connectivity index (χ1n) is 22.4. The van der Waals surface area contributed by atoms with Gasteiger partial charge in [0.05, 0.1) is 54.1 Å². The first kappa shape index (κ1) is 48.7. The van der Waals surface area contributed by atoms with Crippen LogP contribution in [0.3, 0.4) is 0 Å². The number of rotatable bonds is 15. The molecule has 2 aromatic carbocycles. The van der Waals surface area contributed by atoms with Crippen LogP contribution in [-0.2, 0) is 69.8 Å². The van der Waals surface area contributed by atoms with Gasteiger partial charge in [-0.15, -0.1) is 0 Å². The molecule has 0 radical (unpaired) electrons. The van der Waals surface area contributed by atoms with E-state index in [2.05, 4.69) is 21.3 Å². The number of hydrogen-bond donors (Lipinski definition) is 6. The third-order valence-electron chi connectivity index (χ3n) is 12.4. The Bertz CT molecular complexity index is 2810. The van der Waals surface area contributed by atoms with E-state index in [1.807, 2.05) is 0 Å². The molecule has 4 heterocycles. The maximum absolute atomic E-state index is 15.5. The van der Waals surface area contributed by atoms with E-state index in [4.69, 9.17) is 20.2 Å². The Morgan fingerprint density at radius 1 is 1.04 bits per heavy atom. The maximum atomic E-state index is 15.5. The van der Waals surface area contributed by atoms with Gasteiger partial charge in [-0.2, -0.15) is 0 Å². The number of hydrogen-bond acceptors (Lipinski definition) is 12. The molecule has 68 heavy (non-hydrogen) atoms. The van der Waals surface area contributed by atoms with Gasteiger partial charge >= 0.3 is 12.1 Å². The molecule has 4 atom stereocenters. The number of nitrogens with zero attached hydrogens (tertiary/aromatic N) is 3. The van der Waals surface area contributed by atoms with Gasteiger partial charge in [-0.05, 0) is 75.3 Å². The number of alkyl carbamates (subject to hydrolysis) is 1. The Kier molecular flexibility index (Phi) is 13.7. The number of cyclic esters (lactones) is 1. The normalized spacial score (nSPS) is 17.6. The van der Waals surface area contributed by atoms with Crippen LogP contribution >= 0.6 is 0 Å². The van der Waals surface area contributed by atoms with Crippen molar-refractivity contribution < 1.29 is 52.5 Å². The number of nitrogens with one attached hydrogen (secondary N) is 4. The summed E-state index contributed by atoms with van der Waals surface area (Å²) in [5.41, 5.74) is 6.42. The molecule has 0 saturated heterocycles. The molecule has 1 aliphatic carbocycles. The lowest BCUT2D eigenvalue weighted by Crippen LogP contribution is -2.55. The number of esters is 1. The van der Waals surface area contributed by atoms with Crippen molar-refractivity contribution in [3.63, 3.8) is 0 Å². The molecule has 0 fully saturated rings. The highest BCUT2D eigenvalue weighted by molar-refractivity contribution is 5.95. The average Bonchev–Trinajstić information content (AvgIpc) is 3.65. The van der Waals surface area contributed by atoms with E-state index >= 15 is 4.39 Å². The molecule has 7 rings (SSSR count). The van der Waals surface area contributed by atoms with Crippen LogP contribution in [0.4, 0.5) is 9.18 Å². The topological polar surface area (TPSA) is 270 Å². The molecule has 360 valence electrons. The van der Waals surface area contributed by atoms with Gasteiger partial charge in [0.1, 0.15) is 30.6 Å². The summed E-state index contributed by atoms with van der Waals surface area (Å²) in [5.74, 6) is -5.93. The highest BCUT2D eigenvalue weighted by Crippen LogP contribution is 2.46. The van der Waals surface area contributed by atoms with E-state index in [1.54, 1.807) is 77.9 Å². The minimum atomic E-state index is -2.07. The lowest BCUT2D eigenvalue weighted by Gasteiger charge is -2.32. The van der Waals surface area contributed by atoms with Crippen LogP contribution < -0.4 is 32.6 Å². The molecule has 19 nitrogen and oxygen atoms in total. The lowest BCUT2D eigenvalue weighted by atomic mass is 9.81. The number of amides is 6. The van der Waals surface area contributed by atoms with E-state index in [9.17, 15) is 43.5 Å².